The number of benzene rings is 1. The number of aliphatic imine (C=N–C) groups is 1. The van der Waals surface area contributed by atoms with E-state index in [-0.39, 0.29) is 0 Å². The standard InChI is InChI=1S/C12H12N2O/c1-14-11-3-2-8(15)6-10(11)9-4-5-13-7-12(9)14/h2-3,6-7,15H,4-5H2,1H3. The van der Waals surface area contributed by atoms with Crippen LogP contribution in [0.1, 0.15) is 11.3 Å². The number of phenols is 1. The fraction of sp³-hybridized carbons (Fsp3) is 0.250. The van der Waals surface area contributed by atoms with Gasteiger partial charge in [-0.1, -0.05) is 0 Å². The Morgan fingerprint density at radius 3 is 3.13 bits per heavy atom. The van der Waals surface area contributed by atoms with Crippen LogP contribution < -0.4 is 0 Å². The predicted molar refractivity (Wildman–Crippen MR) is 60.7 cm³/mol. The van der Waals surface area contributed by atoms with Crippen LogP contribution in [0.4, 0.5) is 0 Å². The highest BCUT2D eigenvalue weighted by Gasteiger charge is 2.15. The van der Waals surface area contributed by atoms with Crippen molar-refractivity contribution < 1.29 is 5.11 Å². The van der Waals surface area contributed by atoms with Crippen molar-refractivity contribution in [2.24, 2.45) is 12.0 Å². The molecule has 0 radical (unpaired) electrons. The molecule has 3 heteroatoms. The van der Waals surface area contributed by atoms with Crippen LogP contribution in [-0.4, -0.2) is 22.4 Å². The zero-order valence-corrected chi connectivity index (χ0v) is 8.57. The van der Waals surface area contributed by atoms with Gasteiger partial charge in [-0.15, -0.1) is 0 Å². The van der Waals surface area contributed by atoms with Gasteiger partial charge < -0.3 is 9.67 Å². The molecule has 0 unspecified atom stereocenters. The highest BCUT2D eigenvalue weighted by atomic mass is 16.3. The normalized spacial score (nSPS) is 14.5. The number of aryl methyl sites for hydroxylation is 1. The Morgan fingerprint density at radius 2 is 2.27 bits per heavy atom. The quantitative estimate of drug-likeness (QED) is 0.692. The predicted octanol–water partition coefficient (Wildman–Crippen LogP) is 1.86. The summed E-state index contributed by atoms with van der Waals surface area (Å²) in [7, 11) is 2.04. The minimum Gasteiger partial charge on any atom is -0.508 e. The summed E-state index contributed by atoms with van der Waals surface area (Å²) in [5.74, 6) is 0.332. The van der Waals surface area contributed by atoms with Crippen LogP contribution >= 0.6 is 0 Å². The smallest absolute Gasteiger partial charge is 0.116 e. The Hall–Kier alpha value is -1.77. The second kappa shape index (κ2) is 2.86. The van der Waals surface area contributed by atoms with Crippen molar-refractivity contribution in [2.75, 3.05) is 6.54 Å². The zero-order valence-electron chi connectivity index (χ0n) is 8.57. The molecule has 2 heterocycles. The number of hydrogen-bond donors (Lipinski definition) is 1. The maximum Gasteiger partial charge on any atom is 0.116 e. The zero-order chi connectivity index (χ0) is 10.4. The van der Waals surface area contributed by atoms with E-state index in [0.29, 0.717) is 5.75 Å². The summed E-state index contributed by atoms with van der Waals surface area (Å²) in [5.41, 5.74) is 3.63. The van der Waals surface area contributed by atoms with Crippen LogP contribution in [-0.2, 0) is 13.5 Å². The molecule has 0 saturated carbocycles. The second-order valence-electron chi connectivity index (χ2n) is 3.91. The van der Waals surface area contributed by atoms with Crippen molar-refractivity contribution in [2.45, 2.75) is 6.42 Å². The van der Waals surface area contributed by atoms with Gasteiger partial charge in [-0.05, 0) is 30.2 Å². The molecule has 15 heavy (non-hydrogen) atoms. The van der Waals surface area contributed by atoms with Gasteiger partial charge in [0.15, 0.2) is 0 Å². The fourth-order valence-electron chi connectivity index (χ4n) is 2.28. The summed E-state index contributed by atoms with van der Waals surface area (Å²) in [5, 5.41) is 10.6. The van der Waals surface area contributed by atoms with Crippen LogP contribution in [0, 0.1) is 0 Å². The van der Waals surface area contributed by atoms with E-state index in [9.17, 15) is 5.11 Å². The monoisotopic (exact) mass is 200 g/mol. The summed E-state index contributed by atoms with van der Waals surface area (Å²) < 4.78 is 2.13. The van der Waals surface area contributed by atoms with Gasteiger partial charge in [-0.2, -0.15) is 0 Å². The van der Waals surface area contributed by atoms with Crippen molar-refractivity contribution in [3.63, 3.8) is 0 Å². The lowest BCUT2D eigenvalue weighted by Gasteiger charge is -2.06. The Morgan fingerprint density at radius 1 is 1.40 bits per heavy atom. The lowest BCUT2D eigenvalue weighted by Crippen LogP contribution is -2.04. The molecular formula is C12H12N2O. The third kappa shape index (κ3) is 1.09. The van der Waals surface area contributed by atoms with Crippen LogP contribution in [0.25, 0.3) is 10.9 Å². The van der Waals surface area contributed by atoms with Crippen molar-refractivity contribution in [1.29, 1.82) is 0 Å². The first-order valence-corrected chi connectivity index (χ1v) is 5.07. The van der Waals surface area contributed by atoms with Gasteiger partial charge >= 0.3 is 0 Å². The van der Waals surface area contributed by atoms with E-state index >= 15 is 0 Å². The van der Waals surface area contributed by atoms with E-state index < -0.39 is 0 Å². The maximum absolute atomic E-state index is 9.50. The molecule has 0 saturated heterocycles. The number of aromatic nitrogens is 1. The minimum atomic E-state index is 0.332. The summed E-state index contributed by atoms with van der Waals surface area (Å²) in [6.07, 6.45) is 2.89. The molecule has 1 N–H and O–H groups in total. The summed E-state index contributed by atoms with van der Waals surface area (Å²) in [6, 6.07) is 5.52. The van der Waals surface area contributed by atoms with E-state index in [1.165, 1.54) is 11.3 Å². The average Bonchev–Trinajstić information content (AvgIpc) is 2.54. The SMILES string of the molecule is Cn1c2c(c3cc(O)ccc31)CCN=C2. The number of aromatic hydroxyl groups is 1. The molecule has 0 fully saturated rings. The molecule has 3 nitrogen and oxygen atoms in total. The van der Waals surface area contributed by atoms with Crippen molar-refractivity contribution in [3.8, 4) is 5.75 Å². The summed E-state index contributed by atoms with van der Waals surface area (Å²) in [6.45, 7) is 0.849. The Kier molecular flexibility index (Phi) is 1.63. The molecule has 0 spiro atoms. The molecule has 0 aliphatic carbocycles. The average molecular weight is 200 g/mol. The van der Waals surface area contributed by atoms with Crippen molar-refractivity contribution in [3.05, 3.63) is 29.5 Å². The van der Waals surface area contributed by atoms with Gasteiger partial charge in [0.25, 0.3) is 0 Å². The van der Waals surface area contributed by atoms with E-state index in [1.807, 2.05) is 25.4 Å². The first-order valence-electron chi connectivity index (χ1n) is 5.07. The summed E-state index contributed by atoms with van der Waals surface area (Å²) >= 11 is 0. The molecule has 1 aliphatic heterocycles. The first kappa shape index (κ1) is 8.53. The lowest BCUT2D eigenvalue weighted by atomic mass is 10.1. The van der Waals surface area contributed by atoms with Gasteiger partial charge in [0, 0.05) is 30.7 Å². The van der Waals surface area contributed by atoms with Crippen molar-refractivity contribution >= 4 is 17.1 Å². The van der Waals surface area contributed by atoms with Crippen LogP contribution in [0.5, 0.6) is 5.75 Å². The molecule has 1 aliphatic rings. The number of nitrogens with zero attached hydrogens (tertiary/aromatic N) is 2. The summed E-state index contributed by atoms with van der Waals surface area (Å²) in [4.78, 5) is 4.29. The second-order valence-corrected chi connectivity index (χ2v) is 3.91. The topological polar surface area (TPSA) is 37.5 Å². The number of fused-ring (bicyclic) bond motifs is 3. The third-order valence-corrected chi connectivity index (χ3v) is 3.04. The third-order valence-electron chi connectivity index (χ3n) is 3.04. The molecule has 0 atom stereocenters. The van der Waals surface area contributed by atoms with Gasteiger partial charge in [-0.25, -0.2) is 0 Å². The van der Waals surface area contributed by atoms with Crippen LogP contribution in [0.2, 0.25) is 0 Å². The largest absolute Gasteiger partial charge is 0.508 e. The van der Waals surface area contributed by atoms with Gasteiger partial charge in [-0.3, -0.25) is 4.99 Å². The number of rotatable bonds is 0. The Balaban J connectivity index is 2.45. The fourth-order valence-corrected chi connectivity index (χ4v) is 2.28. The van der Waals surface area contributed by atoms with E-state index in [0.717, 1.165) is 23.9 Å². The lowest BCUT2D eigenvalue weighted by molar-refractivity contribution is 0.476. The van der Waals surface area contributed by atoms with Crippen LogP contribution in [0.15, 0.2) is 23.2 Å². The molecule has 0 amide bonds. The van der Waals surface area contributed by atoms with Crippen molar-refractivity contribution in [1.82, 2.24) is 4.57 Å². The van der Waals surface area contributed by atoms with E-state index in [4.69, 9.17) is 0 Å². The molecular weight excluding hydrogens is 188 g/mol. The number of hydrogen-bond acceptors (Lipinski definition) is 2. The van der Waals surface area contributed by atoms with E-state index in [1.54, 1.807) is 6.07 Å². The van der Waals surface area contributed by atoms with E-state index in [2.05, 4.69) is 9.56 Å². The van der Waals surface area contributed by atoms with Gasteiger partial charge in [0.1, 0.15) is 5.75 Å². The molecule has 76 valence electrons. The Labute approximate surface area is 87.7 Å². The molecule has 3 rings (SSSR count). The first-order chi connectivity index (χ1) is 7.27. The highest BCUT2D eigenvalue weighted by molar-refractivity contribution is 5.96. The molecule has 1 aromatic carbocycles. The highest BCUT2D eigenvalue weighted by Crippen LogP contribution is 2.29. The van der Waals surface area contributed by atoms with Gasteiger partial charge in [0.05, 0.1) is 5.69 Å². The molecule has 2 aromatic rings. The number of phenolic OH excluding ortho intramolecular Hbond substituents is 1. The molecule has 0 bridgehead atoms. The molecule has 1 aromatic heterocycles. The van der Waals surface area contributed by atoms with Crippen LogP contribution in [0.3, 0.4) is 0 Å². The Bertz CT molecular complexity index is 566. The maximum atomic E-state index is 9.50. The van der Waals surface area contributed by atoms with Gasteiger partial charge in [0.2, 0.25) is 0 Å². The minimum absolute atomic E-state index is 0.332.